The fraction of sp³-hybridized carbons (Fsp3) is 0.500. The largest absolute Gasteiger partial charge is 0.480 e. The van der Waals surface area contributed by atoms with E-state index in [-0.39, 0.29) is 6.79 Å². The van der Waals surface area contributed by atoms with Crippen molar-refractivity contribution in [2.75, 3.05) is 13.3 Å². The van der Waals surface area contributed by atoms with Gasteiger partial charge in [0.15, 0.2) is 11.5 Å². The summed E-state index contributed by atoms with van der Waals surface area (Å²) in [6.07, 6.45) is 0. The highest BCUT2D eigenvalue weighted by Gasteiger charge is 2.33. The normalized spacial score (nSPS) is 13.8. The number of carboxylic acid groups (broad SMARTS) is 1. The van der Waals surface area contributed by atoms with Gasteiger partial charge in [-0.25, -0.2) is 0 Å². The number of hydrogen-bond donors (Lipinski definition) is 1. The number of hydrogen-bond acceptors (Lipinski definition) is 4. The molecule has 1 N–H and O–H groups in total. The van der Waals surface area contributed by atoms with Gasteiger partial charge < -0.3 is 14.6 Å². The fourth-order valence-electron chi connectivity index (χ4n) is 2.17. The van der Waals surface area contributed by atoms with E-state index in [0.29, 0.717) is 29.6 Å². The van der Waals surface area contributed by atoms with Crippen LogP contribution >= 0.6 is 11.6 Å². The number of fused-ring (bicyclic) bond motifs is 1. The Morgan fingerprint density at radius 2 is 2.15 bits per heavy atom. The van der Waals surface area contributed by atoms with Crippen molar-refractivity contribution in [1.29, 1.82) is 0 Å². The van der Waals surface area contributed by atoms with Crippen LogP contribution in [0, 0.1) is 0 Å². The molecule has 6 heteroatoms. The van der Waals surface area contributed by atoms with Crippen molar-refractivity contribution >= 4 is 17.6 Å². The first kappa shape index (κ1) is 14.9. The van der Waals surface area contributed by atoms with E-state index in [2.05, 4.69) is 0 Å². The quantitative estimate of drug-likeness (QED) is 0.906. The lowest BCUT2D eigenvalue weighted by molar-refractivity contribution is -0.149. The number of carbonyl (C=O) groups is 1. The summed E-state index contributed by atoms with van der Waals surface area (Å²) in [4.78, 5) is 13.2. The molecule has 20 heavy (non-hydrogen) atoms. The summed E-state index contributed by atoms with van der Waals surface area (Å²) < 4.78 is 10.6. The predicted octanol–water partition coefficient (Wildman–Crippen LogP) is 2.75. The number of rotatable bonds is 5. The number of halogens is 1. The third kappa shape index (κ3) is 2.69. The zero-order chi connectivity index (χ0) is 14.9. The van der Waals surface area contributed by atoms with Crippen LogP contribution in [0.2, 0.25) is 5.02 Å². The van der Waals surface area contributed by atoms with Crippen LogP contribution in [0.5, 0.6) is 11.5 Å². The summed E-state index contributed by atoms with van der Waals surface area (Å²) in [6.45, 7) is 6.56. The van der Waals surface area contributed by atoms with Crippen LogP contribution < -0.4 is 9.47 Å². The SMILES string of the molecule is CCN(Cc1cc(Cl)c2c(c1)OCO2)C(C)(C)C(=O)O. The Hall–Kier alpha value is -1.46. The zero-order valence-corrected chi connectivity index (χ0v) is 12.5. The summed E-state index contributed by atoms with van der Waals surface area (Å²) >= 11 is 6.14. The van der Waals surface area contributed by atoms with E-state index in [1.807, 2.05) is 17.9 Å². The Labute approximate surface area is 123 Å². The number of nitrogens with zero attached hydrogens (tertiary/aromatic N) is 1. The average molecular weight is 300 g/mol. The monoisotopic (exact) mass is 299 g/mol. The highest BCUT2D eigenvalue weighted by Crippen LogP contribution is 2.40. The molecule has 5 nitrogen and oxygen atoms in total. The molecule has 0 aliphatic carbocycles. The van der Waals surface area contributed by atoms with Crippen molar-refractivity contribution in [3.05, 3.63) is 22.7 Å². The maximum Gasteiger partial charge on any atom is 0.323 e. The predicted molar refractivity (Wildman–Crippen MR) is 75.4 cm³/mol. The molecule has 2 rings (SSSR count). The molecule has 0 saturated carbocycles. The van der Waals surface area contributed by atoms with Crippen LogP contribution in [0.15, 0.2) is 12.1 Å². The van der Waals surface area contributed by atoms with Gasteiger partial charge in [0.2, 0.25) is 6.79 Å². The Kier molecular flexibility index (Phi) is 4.11. The first-order valence-electron chi connectivity index (χ1n) is 6.42. The molecular formula is C14H18ClNO4. The maximum atomic E-state index is 11.4. The topological polar surface area (TPSA) is 59.0 Å². The molecule has 0 bridgehead atoms. The second kappa shape index (κ2) is 5.50. The molecule has 0 radical (unpaired) electrons. The summed E-state index contributed by atoms with van der Waals surface area (Å²) in [5.74, 6) is 0.304. The standard InChI is InChI=1S/C14H18ClNO4/c1-4-16(14(2,3)13(17)18)7-9-5-10(15)12-11(6-9)19-8-20-12/h5-6H,4,7-8H2,1-3H3,(H,17,18). The van der Waals surface area contributed by atoms with Gasteiger partial charge in [0, 0.05) is 6.54 Å². The number of aliphatic carboxylic acids is 1. The first-order valence-corrected chi connectivity index (χ1v) is 6.80. The molecule has 0 unspecified atom stereocenters. The molecular weight excluding hydrogens is 282 g/mol. The van der Waals surface area contributed by atoms with Crippen LogP contribution in [0.3, 0.4) is 0 Å². The van der Waals surface area contributed by atoms with Gasteiger partial charge in [-0.3, -0.25) is 9.69 Å². The highest BCUT2D eigenvalue weighted by atomic mass is 35.5. The zero-order valence-electron chi connectivity index (χ0n) is 11.8. The number of ether oxygens (including phenoxy) is 2. The molecule has 1 aromatic rings. The molecule has 1 aromatic carbocycles. The third-order valence-corrected chi connectivity index (χ3v) is 3.84. The van der Waals surface area contributed by atoms with E-state index in [9.17, 15) is 9.90 Å². The van der Waals surface area contributed by atoms with Crippen LogP contribution in [0.4, 0.5) is 0 Å². The molecule has 0 atom stereocenters. The van der Waals surface area contributed by atoms with Crippen molar-refractivity contribution in [2.24, 2.45) is 0 Å². The molecule has 0 saturated heterocycles. The van der Waals surface area contributed by atoms with E-state index >= 15 is 0 Å². The van der Waals surface area contributed by atoms with Crippen molar-refractivity contribution in [3.8, 4) is 11.5 Å². The molecule has 1 aliphatic rings. The molecule has 0 fully saturated rings. The first-order chi connectivity index (χ1) is 9.36. The average Bonchev–Trinajstić information content (AvgIpc) is 2.84. The van der Waals surface area contributed by atoms with Crippen molar-refractivity contribution < 1.29 is 19.4 Å². The van der Waals surface area contributed by atoms with Gasteiger partial charge in [-0.05, 0) is 38.1 Å². The van der Waals surface area contributed by atoms with E-state index < -0.39 is 11.5 Å². The summed E-state index contributed by atoms with van der Waals surface area (Å²) in [5.41, 5.74) is -0.0483. The molecule has 1 heterocycles. The molecule has 0 spiro atoms. The molecule has 0 aromatic heterocycles. The Balaban J connectivity index is 2.25. The second-order valence-electron chi connectivity index (χ2n) is 5.19. The van der Waals surface area contributed by atoms with Crippen LogP contribution in [-0.4, -0.2) is 34.9 Å². The van der Waals surface area contributed by atoms with Gasteiger partial charge in [0.25, 0.3) is 0 Å². The van der Waals surface area contributed by atoms with E-state index in [1.54, 1.807) is 19.9 Å². The lowest BCUT2D eigenvalue weighted by atomic mass is 10.0. The van der Waals surface area contributed by atoms with Crippen molar-refractivity contribution in [2.45, 2.75) is 32.9 Å². The molecule has 110 valence electrons. The van der Waals surface area contributed by atoms with Gasteiger partial charge in [-0.15, -0.1) is 0 Å². The van der Waals surface area contributed by atoms with E-state index in [0.717, 1.165) is 5.56 Å². The Bertz CT molecular complexity index is 530. The molecule has 1 aliphatic heterocycles. The van der Waals surface area contributed by atoms with Gasteiger partial charge in [-0.2, -0.15) is 0 Å². The minimum absolute atomic E-state index is 0.163. The Morgan fingerprint density at radius 1 is 1.45 bits per heavy atom. The lowest BCUT2D eigenvalue weighted by Crippen LogP contribution is -2.49. The molecule has 0 amide bonds. The minimum Gasteiger partial charge on any atom is -0.480 e. The number of likely N-dealkylation sites (N-methyl/N-ethyl adjacent to an activating group) is 1. The van der Waals surface area contributed by atoms with Gasteiger partial charge >= 0.3 is 5.97 Å². The minimum atomic E-state index is -0.947. The van der Waals surface area contributed by atoms with Gasteiger partial charge in [0.05, 0.1) is 5.02 Å². The van der Waals surface area contributed by atoms with E-state index in [4.69, 9.17) is 21.1 Å². The Morgan fingerprint density at radius 3 is 2.75 bits per heavy atom. The van der Waals surface area contributed by atoms with Crippen molar-refractivity contribution in [3.63, 3.8) is 0 Å². The van der Waals surface area contributed by atoms with E-state index in [1.165, 1.54) is 0 Å². The van der Waals surface area contributed by atoms with Crippen molar-refractivity contribution in [1.82, 2.24) is 4.90 Å². The van der Waals surface area contributed by atoms with Gasteiger partial charge in [0.1, 0.15) is 5.54 Å². The van der Waals surface area contributed by atoms with Crippen LogP contribution in [0.25, 0.3) is 0 Å². The maximum absolute atomic E-state index is 11.4. The number of carboxylic acids is 1. The summed E-state index contributed by atoms with van der Waals surface area (Å²) in [6, 6.07) is 3.63. The highest BCUT2D eigenvalue weighted by molar-refractivity contribution is 6.32. The summed E-state index contributed by atoms with van der Waals surface area (Å²) in [5, 5.41) is 9.80. The van der Waals surface area contributed by atoms with Crippen LogP contribution in [0.1, 0.15) is 26.3 Å². The van der Waals surface area contributed by atoms with Gasteiger partial charge in [-0.1, -0.05) is 18.5 Å². The van der Waals surface area contributed by atoms with Crippen LogP contribution in [-0.2, 0) is 11.3 Å². The smallest absolute Gasteiger partial charge is 0.323 e. The summed E-state index contributed by atoms with van der Waals surface area (Å²) in [7, 11) is 0. The third-order valence-electron chi connectivity index (χ3n) is 3.56. The number of benzene rings is 1. The second-order valence-corrected chi connectivity index (χ2v) is 5.60. The lowest BCUT2D eigenvalue weighted by Gasteiger charge is -2.34. The fourth-order valence-corrected chi connectivity index (χ4v) is 2.46.